The lowest BCUT2D eigenvalue weighted by Crippen LogP contribution is -3.00. The molecule has 268 valence electrons. The molecule has 6 nitrogen and oxygen atoms in total. The van der Waals surface area contributed by atoms with Gasteiger partial charge in [0.05, 0.1) is 19.8 Å². The molecule has 1 spiro atoms. The highest BCUT2D eigenvalue weighted by atomic mass is 79.9. The average molecular weight is 744 g/mol. The molecular formula is C43H55BrN2O4. The van der Waals surface area contributed by atoms with Crippen molar-refractivity contribution in [2.75, 3.05) is 13.7 Å². The number of fused-ring (bicyclic) bond motifs is 8. The molecule has 11 atom stereocenters. The first kappa shape index (κ1) is 34.6. The van der Waals surface area contributed by atoms with Gasteiger partial charge in [0.1, 0.15) is 11.8 Å². The number of hydrogen-bond donors (Lipinski definition) is 0. The molecule has 0 amide bonds. The summed E-state index contributed by atoms with van der Waals surface area (Å²) in [5.41, 5.74) is 5.38. The summed E-state index contributed by atoms with van der Waals surface area (Å²) in [5.74, 6) is 4.54. The Kier molecular flexibility index (Phi) is 8.71. The van der Waals surface area contributed by atoms with Crippen LogP contribution < -0.4 is 26.3 Å². The van der Waals surface area contributed by atoms with Crippen LogP contribution in [0, 0.1) is 46.3 Å². The highest BCUT2D eigenvalue weighted by Crippen LogP contribution is 2.71. The second kappa shape index (κ2) is 12.6. The van der Waals surface area contributed by atoms with Crippen molar-refractivity contribution >= 4 is 16.8 Å². The normalized spacial score (nSPS) is 40.3. The number of ether oxygens (including phenoxy) is 3. The van der Waals surface area contributed by atoms with Gasteiger partial charge in [-0.05, 0) is 122 Å². The molecule has 3 saturated carbocycles. The summed E-state index contributed by atoms with van der Waals surface area (Å²) < 4.78 is 23.6. The van der Waals surface area contributed by atoms with Gasteiger partial charge in [0, 0.05) is 24.3 Å². The standard InChI is InChI=1S/C43H55N2O4.BrH/c1-27-16-21-43(48-25-27)28(2)40-39(49-43)23-35-33-15-12-30-22-31(17-19-41(30,3)34(33)18-20-42(35,40)4)45-26-44(36-8-6-7-9-37(36)45)24-38(46)29-10-13-32(47-5)14-11-29;/h6-14,26-28,31,33-35,39-40H,15-25H2,1-5H3;1H/q+1;/p-1/t27-,28+,31-,33-,34+,35+,39+,40+,41+,42+,43-;/m1./s1. The van der Waals surface area contributed by atoms with Gasteiger partial charge in [-0.15, -0.1) is 0 Å². The SMILES string of the molecule is COc1ccc(C(=O)C[n+]2cn([C@@H]3CC[C@@]4(C)C(=CC[C@H]5[C@@H]6C[C@@H]7O[C@]8(CC[C@@H](C)CO8)[C@@H](C)[C@@H]7[C@@]6(C)CC[C@@H]54)C3)c3ccccc32)cc1.[Br-]. The number of methoxy groups -OCH3 is 1. The summed E-state index contributed by atoms with van der Waals surface area (Å²) in [7, 11) is 1.65. The van der Waals surface area contributed by atoms with Gasteiger partial charge in [-0.25, -0.2) is 9.13 Å². The van der Waals surface area contributed by atoms with E-state index in [-0.39, 0.29) is 34.0 Å². The number of benzene rings is 2. The Morgan fingerprint density at radius 2 is 1.80 bits per heavy atom. The fourth-order valence-corrected chi connectivity index (χ4v) is 12.5. The van der Waals surface area contributed by atoms with E-state index in [9.17, 15) is 4.79 Å². The van der Waals surface area contributed by atoms with Crippen molar-refractivity contribution in [3.8, 4) is 5.75 Å². The van der Waals surface area contributed by atoms with Crippen molar-refractivity contribution < 1.29 is 40.6 Å². The predicted molar refractivity (Wildman–Crippen MR) is 190 cm³/mol. The Balaban J connectivity index is 0.00000361. The molecule has 4 aliphatic carbocycles. The van der Waals surface area contributed by atoms with E-state index in [0.29, 0.717) is 47.4 Å². The van der Waals surface area contributed by atoms with E-state index < -0.39 is 0 Å². The minimum atomic E-state index is -0.333. The van der Waals surface area contributed by atoms with Crippen molar-refractivity contribution in [3.63, 3.8) is 0 Å². The van der Waals surface area contributed by atoms with Crippen LogP contribution in [0.4, 0.5) is 0 Å². The average Bonchev–Trinajstić information content (AvgIpc) is 3.72. The van der Waals surface area contributed by atoms with Gasteiger partial charge < -0.3 is 31.2 Å². The molecule has 0 unspecified atom stereocenters. The van der Waals surface area contributed by atoms with Crippen molar-refractivity contribution in [3.05, 3.63) is 72.1 Å². The minimum Gasteiger partial charge on any atom is -1.00 e. The van der Waals surface area contributed by atoms with Gasteiger partial charge in [-0.1, -0.05) is 51.5 Å². The second-order valence-electron chi connectivity index (χ2n) is 17.5. The summed E-state index contributed by atoms with van der Waals surface area (Å²) >= 11 is 0. The number of allylic oxidation sites excluding steroid dienone is 2. The maximum absolute atomic E-state index is 13.4. The maximum Gasteiger partial charge on any atom is 0.245 e. The van der Waals surface area contributed by atoms with Crippen molar-refractivity contribution in [1.82, 2.24) is 4.57 Å². The molecule has 0 radical (unpaired) electrons. The first-order valence-corrected chi connectivity index (χ1v) is 19.3. The van der Waals surface area contributed by atoms with Crippen LogP contribution in [-0.2, 0) is 16.0 Å². The smallest absolute Gasteiger partial charge is 0.245 e. The third-order valence-corrected chi connectivity index (χ3v) is 15.2. The van der Waals surface area contributed by atoms with E-state index in [1.807, 2.05) is 24.3 Å². The van der Waals surface area contributed by atoms with Crippen LogP contribution in [0.1, 0.15) is 102 Å². The zero-order chi connectivity index (χ0) is 33.7. The van der Waals surface area contributed by atoms with Crippen molar-refractivity contribution in [2.24, 2.45) is 46.3 Å². The summed E-state index contributed by atoms with van der Waals surface area (Å²) in [5, 5.41) is 0. The van der Waals surface area contributed by atoms with Gasteiger partial charge >= 0.3 is 0 Å². The first-order chi connectivity index (χ1) is 23.6. The Labute approximate surface area is 308 Å². The van der Waals surface area contributed by atoms with Gasteiger partial charge in [-0.3, -0.25) is 4.79 Å². The lowest BCUT2D eigenvalue weighted by Gasteiger charge is -2.58. The monoisotopic (exact) mass is 742 g/mol. The fourth-order valence-electron chi connectivity index (χ4n) is 12.5. The second-order valence-corrected chi connectivity index (χ2v) is 17.5. The van der Waals surface area contributed by atoms with Crippen molar-refractivity contribution in [2.45, 2.75) is 110 Å². The van der Waals surface area contributed by atoms with Gasteiger partial charge in [0.2, 0.25) is 12.1 Å². The number of carbonyl (C=O) groups excluding carboxylic acids is 1. The Bertz CT molecular complexity index is 1790. The summed E-state index contributed by atoms with van der Waals surface area (Å²) in [4.78, 5) is 13.4. The molecule has 3 aromatic rings. The van der Waals surface area contributed by atoms with E-state index in [1.54, 1.807) is 12.7 Å². The highest BCUT2D eigenvalue weighted by molar-refractivity contribution is 5.95. The number of hydrogen-bond acceptors (Lipinski definition) is 4. The Hall–Kier alpha value is -2.48. The van der Waals surface area contributed by atoms with Crippen molar-refractivity contribution in [1.29, 1.82) is 0 Å². The van der Waals surface area contributed by atoms with E-state index in [2.05, 4.69) is 73.5 Å². The zero-order valence-electron chi connectivity index (χ0n) is 30.6. The molecule has 50 heavy (non-hydrogen) atoms. The number of imidazole rings is 1. The Morgan fingerprint density at radius 3 is 2.56 bits per heavy atom. The maximum atomic E-state index is 13.4. The van der Waals surface area contributed by atoms with Crippen LogP contribution in [0.3, 0.4) is 0 Å². The number of rotatable bonds is 5. The Morgan fingerprint density at radius 1 is 1.00 bits per heavy atom. The van der Waals surface area contributed by atoms with Gasteiger partial charge in [-0.2, -0.15) is 0 Å². The van der Waals surface area contributed by atoms with Crippen LogP contribution in [0.25, 0.3) is 11.0 Å². The number of nitrogens with zero attached hydrogens (tertiary/aromatic N) is 2. The van der Waals surface area contributed by atoms with E-state index >= 15 is 0 Å². The first-order valence-electron chi connectivity index (χ1n) is 19.3. The molecule has 0 bridgehead atoms. The third kappa shape index (κ3) is 5.14. The van der Waals surface area contributed by atoms with Crippen LogP contribution in [0.2, 0.25) is 0 Å². The fraction of sp³-hybridized carbons (Fsp3) is 0.628. The quantitative estimate of drug-likeness (QED) is 0.191. The molecule has 1 aromatic heterocycles. The minimum absolute atomic E-state index is 0. The molecule has 2 aliphatic heterocycles. The lowest BCUT2D eigenvalue weighted by atomic mass is 9.46. The summed E-state index contributed by atoms with van der Waals surface area (Å²) in [6.07, 6.45) is 16.2. The van der Waals surface area contributed by atoms with E-state index in [4.69, 9.17) is 14.2 Å². The molecular weight excluding hydrogens is 688 g/mol. The zero-order valence-corrected chi connectivity index (χ0v) is 32.2. The summed E-state index contributed by atoms with van der Waals surface area (Å²) in [6, 6.07) is 16.5. The molecule has 7 heteroatoms. The number of aromatic nitrogens is 2. The number of carbonyl (C=O) groups is 1. The van der Waals surface area contributed by atoms with E-state index in [1.165, 1.54) is 50.5 Å². The number of ketones is 1. The molecule has 3 heterocycles. The number of Topliss-reactive ketones (excluding diaryl/α,β-unsaturated/α-hetero) is 1. The lowest BCUT2D eigenvalue weighted by molar-refractivity contribution is -0.658. The van der Waals surface area contributed by atoms with Crippen LogP contribution in [0.5, 0.6) is 5.75 Å². The van der Waals surface area contributed by atoms with Crippen LogP contribution in [0.15, 0.2) is 66.5 Å². The van der Waals surface area contributed by atoms with Gasteiger partial charge in [0.25, 0.3) is 0 Å². The van der Waals surface area contributed by atoms with Gasteiger partial charge in [0.15, 0.2) is 23.4 Å². The largest absolute Gasteiger partial charge is 1.00 e. The predicted octanol–water partition coefficient (Wildman–Crippen LogP) is 5.73. The molecule has 5 fully saturated rings. The molecule has 2 aromatic carbocycles. The molecule has 2 saturated heterocycles. The van der Waals surface area contributed by atoms with Crippen LogP contribution in [-0.4, -0.2) is 36.0 Å². The topological polar surface area (TPSA) is 53.6 Å². The van der Waals surface area contributed by atoms with Crippen LogP contribution >= 0.6 is 0 Å². The third-order valence-electron chi connectivity index (χ3n) is 15.2. The number of halogens is 1. The van der Waals surface area contributed by atoms with E-state index in [0.717, 1.165) is 48.5 Å². The summed E-state index contributed by atoms with van der Waals surface area (Å²) in [6.45, 7) is 11.2. The molecule has 9 rings (SSSR count). The highest BCUT2D eigenvalue weighted by Gasteiger charge is 2.68. The molecule has 0 N–H and O–H groups in total. The molecule has 6 aliphatic rings. The number of para-hydroxylation sites is 2.